The van der Waals surface area contributed by atoms with Crippen LogP contribution in [0.3, 0.4) is 0 Å². The Morgan fingerprint density at radius 2 is 2.11 bits per heavy atom. The zero-order valence-corrected chi connectivity index (χ0v) is 17.2. The number of esters is 1. The molecule has 1 aromatic carbocycles. The van der Waals surface area contributed by atoms with Gasteiger partial charge in [0.05, 0.1) is 23.7 Å². The molecule has 0 saturated carbocycles. The van der Waals surface area contributed by atoms with Crippen LogP contribution in [0.2, 0.25) is 0 Å². The van der Waals surface area contributed by atoms with E-state index in [9.17, 15) is 9.59 Å². The Bertz CT molecular complexity index is 992. The highest BCUT2D eigenvalue weighted by atomic mass is 32.2. The molecule has 4 rings (SSSR count). The maximum Gasteiger partial charge on any atom is 0.341 e. The van der Waals surface area contributed by atoms with Crippen LogP contribution in [0.4, 0.5) is 5.00 Å². The minimum atomic E-state index is -0.369. The fraction of sp³-hybridized carbons (Fsp3) is 0.350. The van der Waals surface area contributed by atoms with Crippen LogP contribution >= 0.6 is 23.1 Å². The highest BCUT2D eigenvalue weighted by Gasteiger charge is 2.26. The number of aromatic nitrogens is 2. The Morgan fingerprint density at radius 3 is 2.93 bits per heavy atom. The molecule has 0 unspecified atom stereocenters. The van der Waals surface area contributed by atoms with E-state index in [0.717, 1.165) is 47.4 Å². The van der Waals surface area contributed by atoms with Gasteiger partial charge in [-0.15, -0.1) is 11.3 Å². The average Bonchev–Trinajstić information content (AvgIpc) is 3.27. The second-order valence-electron chi connectivity index (χ2n) is 6.61. The highest BCUT2D eigenvalue weighted by molar-refractivity contribution is 7.99. The van der Waals surface area contributed by atoms with Crippen molar-refractivity contribution in [2.75, 3.05) is 18.2 Å². The van der Waals surface area contributed by atoms with E-state index in [4.69, 9.17) is 4.74 Å². The Hall–Kier alpha value is -2.32. The number of carbonyl (C=O) groups excluding carboxylic acids is 2. The third-order valence-corrected chi connectivity index (χ3v) is 6.83. The lowest BCUT2D eigenvalue weighted by molar-refractivity contribution is -0.115. The molecule has 1 amide bonds. The number of thioether (sulfide) groups is 1. The Labute approximate surface area is 171 Å². The van der Waals surface area contributed by atoms with Gasteiger partial charge in [0.1, 0.15) is 5.00 Å². The molecule has 1 aliphatic rings. The second-order valence-corrected chi connectivity index (χ2v) is 8.80. The highest BCUT2D eigenvalue weighted by Crippen LogP contribution is 2.38. The first-order valence-corrected chi connectivity index (χ1v) is 11.1. The Morgan fingerprint density at radius 1 is 1.29 bits per heavy atom. The van der Waals surface area contributed by atoms with Gasteiger partial charge in [-0.3, -0.25) is 4.79 Å². The largest absolute Gasteiger partial charge is 0.465 e. The normalized spacial score (nSPS) is 13.3. The van der Waals surface area contributed by atoms with E-state index in [1.165, 1.54) is 35.1 Å². The van der Waals surface area contributed by atoms with E-state index < -0.39 is 0 Å². The lowest BCUT2D eigenvalue weighted by atomic mass is 9.95. The van der Waals surface area contributed by atoms with Gasteiger partial charge < -0.3 is 15.0 Å². The standard InChI is InChI=1S/C20H21N3O3S2/c1-26-19(25)17-12-6-2-5-9-15(12)28-18(17)23-16(24)10-11-27-20-21-13-7-3-4-8-14(13)22-20/h3-4,7-8H,2,5-6,9-11H2,1H3,(H,21,22)(H,23,24). The molecule has 0 atom stereocenters. The quantitative estimate of drug-likeness (QED) is 0.460. The van der Waals surface area contributed by atoms with Crippen molar-refractivity contribution in [1.82, 2.24) is 9.97 Å². The minimum Gasteiger partial charge on any atom is -0.465 e. The van der Waals surface area contributed by atoms with Crippen LogP contribution in [0.1, 0.15) is 40.1 Å². The third-order valence-electron chi connectivity index (χ3n) is 4.75. The number of hydrogen-bond acceptors (Lipinski definition) is 6. The smallest absolute Gasteiger partial charge is 0.341 e. The molecule has 0 bridgehead atoms. The summed E-state index contributed by atoms with van der Waals surface area (Å²) in [4.78, 5) is 33.6. The lowest BCUT2D eigenvalue weighted by Gasteiger charge is -2.11. The number of para-hydroxylation sites is 2. The molecule has 0 fully saturated rings. The summed E-state index contributed by atoms with van der Waals surface area (Å²) in [5.41, 5.74) is 3.50. The van der Waals surface area contributed by atoms with Gasteiger partial charge in [-0.1, -0.05) is 23.9 Å². The summed E-state index contributed by atoms with van der Waals surface area (Å²) in [6.07, 6.45) is 4.35. The molecular formula is C20H21N3O3S2. The van der Waals surface area contributed by atoms with Gasteiger partial charge in [0.2, 0.25) is 5.91 Å². The van der Waals surface area contributed by atoms with Crippen LogP contribution in [0.15, 0.2) is 29.4 Å². The monoisotopic (exact) mass is 415 g/mol. The van der Waals surface area contributed by atoms with Crippen molar-refractivity contribution in [3.63, 3.8) is 0 Å². The fourth-order valence-corrected chi connectivity index (χ4v) is 5.52. The van der Waals surface area contributed by atoms with Crippen LogP contribution < -0.4 is 5.32 Å². The van der Waals surface area contributed by atoms with Gasteiger partial charge in [0.15, 0.2) is 5.16 Å². The number of H-pyrrole nitrogens is 1. The van der Waals surface area contributed by atoms with Crippen molar-refractivity contribution in [3.8, 4) is 0 Å². The van der Waals surface area contributed by atoms with E-state index in [1.54, 1.807) is 0 Å². The molecule has 0 radical (unpaired) electrons. The van der Waals surface area contributed by atoms with Crippen LogP contribution in [-0.2, 0) is 22.4 Å². The molecular weight excluding hydrogens is 394 g/mol. The first-order valence-electron chi connectivity index (χ1n) is 9.26. The molecule has 2 heterocycles. The van der Waals surface area contributed by atoms with Crippen molar-refractivity contribution >= 4 is 51.0 Å². The van der Waals surface area contributed by atoms with Crippen molar-refractivity contribution in [2.45, 2.75) is 37.3 Å². The van der Waals surface area contributed by atoms with Crippen molar-refractivity contribution in [3.05, 3.63) is 40.3 Å². The van der Waals surface area contributed by atoms with E-state index in [2.05, 4.69) is 15.3 Å². The topological polar surface area (TPSA) is 84.1 Å². The third kappa shape index (κ3) is 3.93. The van der Waals surface area contributed by atoms with Crippen LogP contribution in [0.25, 0.3) is 11.0 Å². The molecule has 0 saturated heterocycles. The number of rotatable bonds is 6. The number of carbonyl (C=O) groups is 2. The van der Waals surface area contributed by atoms with E-state index in [0.29, 0.717) is 22.7 Å². The summed E-state index contributed by atoms with van der Waals surface area (Å²) in [6.45, 7) is 0. The number of amides is 1. The number of hydrogen-bond donors (Lipinski definition) is 2. The lowest BCUT2D eigenvalue weighted by Crippen LogP contribution is -2.15. The van der Waals surface area contributed by atoms with Gasteiger partial charge in [-0.25, -0.2) is 9.78 Å². The summed E-state index contributed by atoms with van der Waals surface area (Å²) in [6, 6.07) is 7.84. The summed E-state index contributed by atoms with van der Waals surface area (Å²) >= 11 is 3.02. The molecule has 146 valence electrons. The molecule has 28 heavy (non-hydrogen) atoms. The molecule has 2 N–H and O–H groups in total. The van der Waals surface area contributed by atoms with Crippen molar-refractivity contribution in [1.29, 1.82) is 0 Å². The number of benzene rings is 1. The zero-order chi connectivity index (χ0) is 19.5. The number of ether oxygens (including phenoxy) is 1. The number of fused-ring (bicyclic) bond motifs is 2. The van der Waals surface area contributed by atoms with E-state index in [-0.39, 0.29) is 11.9 Å². The molecule has 0 aliphatic heterocycles. The van der Waals surface area contributed by atoms with Gasteiger partial charge in [-0.2, -0.15) is 0 Å². The van der Waals surface area contributed by atoms with Gasteiger partial charge in [-0.05, 0) is 43.4 Å². The Balaban J connectivity index is 1.39. The molecule has 2 aromatic heterocycles. The first kappa shape index (κ1) is 19.0. The number of methoxy groups -OCH3 is 1. The van der Waals surface area contributed by atoms with Crippen molar-refractivity contribution < 1.29 is 14.3 Å². The number of nitrogens with one attached hydrogen (secondary N) is 2. The van der Waals surface area contributed by atoms with Crippen LogP contribution in [0, 0.1) is 0 Å². The zero-order valence-electron chi connectivity index (χ0n) is 15.5. The number of anilines is 1. The number of aromatic amines is 1. The molecule has 3 aromatic rings. The number of thiophene rings is 1. The van der Waals surface area contributed by atoms with E-state index >= 15 is 0 Å². The van der Waals surface area contributed by atoms with Crippen LogP contribution in [0.5, 0.6) is 0 Å². The maximum absolute atomic E-state index is 12.5. The molecule has 6 nitrogen and oxygen atoms in total. The molecule has 0 spiro atoms. The summed E-state index contributed by atoms with van der Waals surface area (Å²) in [5, 5.41) is 4.36. The first-order chi connectivity index (χ1) is 13.7. The summed E-state index contributed by atoms with van der Waals surface area (Å²) in [5.74, 6) is 0.128. The molecule has 1 aliphatic carbocycles. The summed E-state index contributed by atoms with van der Waals surface area (Å²) in [7, 11) is 1.38. The van der Waals surface area contributed by atoms with Crippen LogP contribution in [-0.4, -0.2) is 34.7 Å². The minimum absolute atomic E-state index is 0.104. The number of nitrogens with zero attached hydrogens (tertiary/aromatic N) is 1. The number of imidazole rings is 1. The maximum atomic E-state index is 12.5. The predicted octanol–water partition coefficient (Wildman–Crippen LogP) is 4.41. The van der Waals surface area contributed by atoms with Gasteiger partial charge in [0.25, 0.3) is 0 Å². The average molecular weight is 416 g/mol. The molecule has 8 heteroatoms. The number of aryl methyl sites for hydroxylation is 1. The predicted molar refractivity (Wildman–Crippen MR) is 112 cm³/mol. The second kappa shape index (κ2) is 8.36. The van der Waals surface area contributed by atoms with E-state index in [1.807, 2.05) is 24.3 Å². The summed E-state index contributed by atoms with van der Waals surface area (Å²) < 4.78 is 4.95. The Kier molecular flexibility index (Phi) is 5.68. The van der Waals surface area contributed by atoms with Gasteiger partial charge >= 0.3 is 5.97 Å². The van der Waals surface area contributed by atoms with Crippen molar-refractivity contribution in [2.24, 2.45) is 0 Å². The fourth-order valence-electron chi connectivity index (χ4n) is 3.40. The van der Waals surface area contributed by atoms with Gasteiger partial charge in [0, 0.05) is 17.1 Å². The SMILES string of the molecule is COC(=O)c1c(NC(=O)CCSc2nc3ccccc3[nH]2)sc2c1CCCC2.